The Kier molecular flexibility index (Phi) is 3.23. The molecule has 17 heavy (non-hydrogen) atoms. The fraction of sp³-hybridized carbons (Fsp3) is 0.583. The summed E-state index contributed by atoms with van der Waals surface area (Å²) in [6, 6.07) is 3.25. The van der Waals surface area contributed by atoms with Gasteiger partial charge in [-0.25, -0.2) is 13.1 Å². The molecule has 1 aromatic rings. The highest BCUT2D eigenvalue weighted by molar-refractivity contribution is 7.89. The van der Waals surface area contributed by atoms with E-state index < -0.39 is 10.0 Å². The topological polar surface area (TPSA) is 59.1 Å². The van der Waals surface area contributed by atoms with Gasteiger partial charge >= 0.3 is 0 Å². The number of rotatable bonds is 3. The minimum absolute atomic E-state index is 0.0511. The predicted octanol–water partition coefficient (Wildman–Crippen LogP) is 1.94. The van der Waals surface area contributed by atoms with Crippen LogP contribution in [0.3, 0.4) is 0 Å². The number of sulfonamides is 1. The molecule has 5 heteroatoms. The molecule has 0 spiro atoms. The van der Waals surface area contributed by atoms with E-state index in [4.69, 9.17) is 0 Å². The van der Waals surface area contributed by atoms with Gasteiger partial charge in [0.25, 0.3) is 0 Å². The van der Waals surface area contributed by atoms with Crippen LogP contribution in [0.25, 0.3) is 0 Å². The monoisotopic (exact) mass is 254 g/mol. The molecule has 1 aliphatic rings. The maximum atomic E-state index is 12.0. The van der Waals surface area contributed by atoms with Crippen LogP contribution in [0.4, 0.5) is 0 Å². The molecule has 0 bridgehead atoms. The van der Waals surface area contributed by atoms with Crippen molar-refractivity contribution in [2.45, 2.75) is 44.0 Å². The standard InChI is InChI=1S/C12H18N2O2S/c1-12(2)6-5-10(8-12)14-17(15,16)11-4-3-7-13-9-11/h3-4,7,9-10,14H,5-6,8H2,1-2H3. The second kappa shape index (κ2) is 4.38. The quantitative estimate of drug-likeness (QED) is 0.896. The van der Waals surface area contributed by atoms with E-state index in [0.29, 0.717) is 0 Å². The molecule has 1 atom stereocenters. The van der Waals surface area contributed by atoms with Crippen LogP contribution in [-0.2, 0) is 10.0 Å². The van der Waals surface area contributed by atoms with Crippen molar-refractivity contribution in [3.05, 3.63) is 24.5 Å². The summed E-state index contributed by atoms with van der Waals surface area (Å²) in [5.74, 6) is 0. The first-order valence-corrected chi connectivity index (χ1v) is 7.30. The third kappa shape index (κ3) is 3.04. The van der Waals surface area contributed by atoms with Gasteiger partial charge in [0, 0.05) is 18.4 Å². The number of nitrogens with one attached hydrogen (secondary N) is 1. The van der Waals surface area contributed by atoms with Crippen molar-refractivity contribution in [1.29, 1.82) is 0 Å². The van der Waals surface area contributed by atoms with Crippen LogP contribution < -0.4 is 4.72 Å². The highest BCUT2D eigenvalue weighted by atomic mass is 32.2. The number of aromatic nitrogens is 1. The molecular formula is C12H18N2O2S. The normalized spacial score (nSPS) is 23.8. The van der Waals surface area contributed by atoms with Crippen LogP contribution in [0.15, 0.2) is 29.4 Å². The molecule has 1 N–H and O–H groups in total. The molecular weight excluding hydrogens is 236 g/mol. The number of pyridine rings is 1. The van der Waals surface area contributed by atoms with Gasteiger partial charge in [0.15, 0.2) is 0 Å². The van der Waals surface area contributed by atoms with Gasteiger partial charge in [0.1, 0.15) is 4.90 Å². The summed E-state index contributed by atoms with van der Waals surface area (Å²) in [5, 5.41) is 0. The lowest BCUT2D eigenvalue weighted by Gasteiger charge is -2.17. The van der Waals surface area contributed by atoms with Crippen molar-refractivity contribution in [2.24, 2.45) is 5.41 Å². The van der Waals surface area contributed by atoms with Crippen LogP contribution in [-0.4, -0.2) is 19.4 Å². The summed E-state index contributed by atoms with van der Waals surface area (Å²) < 4.78 is 26.9. The Morgan fingerprint density at radius 1 is 1.47 bits per heavy atom. The highest BCUT2D eigenvalue weighted by Gasteiger charge is 2.33. The summed E-state index contributed by atoms with van der Waals surface area (Å²) in [6.07, 6.45) is 5.81. The number of nitrogens with zero attached hydrogens (tertiary/aromatic N) is 1. The Morgan fingerprint density at radius 2 is 2.24 bits per heavy atom. The highest BCUT2D eigenvalue weighted by Crippen LogP contribution is 2.37. The zero-order valence-electron chi connectivity index (χ0n) is 10.2. The molecule has 1 saturated carbocycles. The SMILES string of the molecule is CC1(C)CCC(NS(=O)(=O)c2cccnc2)C1. The van der Waals surface area contributed by atoms with Crippen molar-refractivity contribution >= 4 is 10.0 Å². The smallest absolute Gasteiger partial charge is 0.242 e. The molecule has 0 aromatic carbocycles. The average Bonchev–Trinajstić information content (AvgIpc) is 2.58. The molecule has 0 radical (unpaired) electrons. The minimum atomic E-state index is -3.41. The molecule has 1 unspecified atom stereocenters. The zero-order chi connectivity index (χ0) is 12.5. The van der Waals surface area contributed by atoms with E-state index in [9.17, 15) is 8.42 Å². The van der Waals surface area contributed by atoms with E-state index in [0.717, 1.165) is 19.3 Å². The van der Waals surface area contributed by atoms with Gasteiger partial charge in [-0.05, 0) is 36.8 Å². The van der Waals surface area contributed by atoms with Crippen LogP contribution in [0.2, 0.25) is 0 Å². The first kappa shape index (κ1) is 12.5. The summed E-state index contributed by atoms with van der Waals surface area (Å²) in [6.45, 7) is 4.34. The molecule has 1 aliphatic carbocycles. The van der Waals surface area contributed by atoms with Crippen LogP contribution in [0, 0.1) is 5.41 Å². The zero-order valence-corrected chi connectivity index (χ0v) is 11.0. The van der Waals surface area contributed by atoms with Crippen molar-refractivity contribution in [3.63, 3.8) is 0 Å². The van der Waals surface area contributed by atoms with E-state index in [-0.39, 0.29) is 16.4 Å². The fourth-order valence-corrected chi connectivity index (χ4v) is 3.56. The molecule has 1 fully saturated rings. The van der Waals surface area contributed by atoms with E-state index in [1.807, 2.05) is 0 Å². The molecule has 1 aromatic heterocycles. The Labute approximate surface area is 103 Å². The summed E-state index contributed by atoms with van der Waals surface area (Å²) in [4.78, 5) is 4.08. The van der Waals surface area contributed by atoms with Crippen molar-refractivity contribution in [2.75, 3.05) is 0 Å². The third-order valence-corrected chi connectivity index (χ3v) is 4.74. The fourth-order valence-electron chi connectivity index (χ4n) is 2.33. The maximum Gasteiger partial charge on any atom is 0.242 e. The molecule has 2 rings (SSSR count). The predicted molar refractivity (Wildman–Crippen MR) is 66.0 cm³/mol. The summed E-state index contributed by atoms with van der Waals surface area (Å²) in [5.41, 5.74) is 0.238. The number of hydrogen-bond donors (Lipinski definition) is 1. The first-order valence-electron chi connectivity index (χ1n) is 5.81. The van der Waals surface area contributed by atoms with Gasteiger partial charge < -0.3 is 0 Å². The Morgan fingerprint density at radius 3 is 2.76 bits per heavy atom. The molecule has 0 aliphatic heterocycles. The summed E-state index contributed by atoms with van der Waals surface area (Å²) in [7, 11) is -3.41. The van der Waals surface area contributed by atoms with Crippen molar-refractivity contribution in [1.82, 2.24) is 9.71 Å². The molecule has 94 valence electrons. The molecule has 4 nitrogen and oxygen atoms in total. The molecule has 0 saturated heterocycles. The Bertz CT molecular complexity index is 482. The second-order valence-electron chi connectivity index (χ2n) is 5.41. The second-order valence-corrected chi connectivity index (χ2v) is 7.13. The Balaban J connectivity index is 2.09. The van der Waals surface area contributed by atoms with Gasteiger partial charge in [-0.1, -0.05) is 13.8 Å². The lowest BCUT2D eigenvalue weighted by molar-refractivity contribution is 0.372. The van der Waals surface area contributed by atoms with Crippen molar-refractivity contribution in [3.8, 4) is 0 Å². The van der Waals surface area contributed by atoms with E-state index in [1.54, 1.807) is 18.3 Å². The van der Waals surface area contributed by atoms with Crippen LogP contribution in [0.1, 0.15) is 33.1 Å². The number of hydrogen-bond acceptors (Lipinski definition) is 3. The van der Waals surface area contributed by atoms with Gasteiger partial charge in [0.05, 0.1) is 0 Å². The third-order valence-electron chi connectivity index (χ3n) is 3.24. The largest absolute Gasteiger partial charge is 0.263 e. The van der Waals surface area contributed by atoms with Crippen LogP contribution in [0.5, 0.6) is 0 Å². The van der Waals surface area contributed by atoms with Crippen LogP contribution >= 0.6 is 0 Å². The van der Waals surface area contributed by atoms with Gasteiger partial charge in [0.2, 0.25) is 10.0 Å². The van der Waals surface area contributed by atoms with E-state index in [1.165, 1.54) is 6.20 Å². The Hall–Kier alpha value is -0.940. The lowest BCUT2D eigenvalue weighted by Crippen LogP contribution is -2.33. The van der Waals surface area contributed by atoms with Gasteiger partial charge in [-0.2, -0.15) is 0 Å². The van der Waals surface area contributed by atoms with Gasteiger partial charge in [-0.3, -0.25) is 4.98 Å². The first-order chi connectivity index (χ1) is 7.89. The average molecular weight is 254 g/mol. The van der Waals surface area contributed by atoms with E-state index >= 15 is 0 Å². The lowest BCUT2D eigenvalue weighted by atomic mass is 9.92. The van der Waals surface area contributed by atoms with E-state index in [2.05, 4.69) is 23.6 Å². The maximum absolute atomic E-state index is 12.0. The molecule has 0 amide bonds. The van der Waals surface area contributed by atoms with Gasteiger partial charge in [-0.15, -0.1) is 0 Å². The summed E-state index contributed by atoms with van der Waals surface area (Å²) >= 11 is 0. The minimum Gasteiger partial charge on any atom is -0.263 e. The van der Waals surface area contributed by atoms with Crippen molar-refractivity contribution < 1.29 is 8.42 Å². The molecule has 1 heterocycles.